The standard InChI is InChI=1S/C13H14N4O2S/c1-7-4-8(2)17-13(16-7)20-11-10(12(18)19-3)5-9(14)6-15-11/h4-6H,14H2,1-3H3. The van der Waals surface area contributed by atoms with Crippen molar-refractivity contribution < 1.29 is 9.53 Å². The number of methoxy groups -OCH3 is 1. The molecule has 0 amide bonds. The lowest BCUT2D eigenvalue weighted by Gasteiger charge is -2.07. The first-order chi connectivity index (χ1) is 9.49. The third kappa shape index (κ3) is 3.24. The van der Waals surface area contributed by atoms with Gasteiger partial charge in [0.2, 0.25) is 0 Å². The summed E-state index contributed by atoms with van der Waals surface area (Å²) in [6.07, 6.45) is 1.48. The normalized spacial score (nSPS) is 10.3. The summed E-state index contributed by atoms with van der Waals surface area (Å²) in [5.74, 6) is -0.489. The Morgan fingerprint density at radius 2 is 1.90 bits per heavy atom. The summed E-state index contributed by atoms with van der Waals surface area (Å²) in [5, 5.41) is 1.00. The summed E-state index contributed by atoms with van der Waals surface area (Å²) >= 11 is 1.21. The van der Waals surface area contributed by atoms with Crippen LogP contribution in [-0.2, 0) is 4.74 Å². The van der Waals surface area contributed by atoms with E-state index >= 15 is 0 Å². The number of anilines is 1. The van der Waals surface area contributed by atoms with E-state index in [4.69, 9.17) is 10.5 Å². The Bertz CT molecular complexity index is 641. The molecule has 2 N–H and O–H groups in total. The number of aromatic nitrogens is 3. The minimum absolute atomic E-state index is 0.306. The highest BCUT2D eigenvalue weighted by Crippen LogP contribution is 2.28. The number of carbonyl (C=O) groups is 1. The van der Waals surface area contributed by atoms with E-state index in [1.807, 2.05) is 19.9 Å². The fraction of sp³-hybridized carbons (Fsp3) is 0.231. The number of ether oxygens (including phenoxy) is 1. The molecule has 0 bridgehead atoms. The molecule has 0 saturated heterocycles. The van der Waals surface area contributed by atoms with E-state index in [1.54, 1.807) is 0 Å². The van der Waals surface area contributed by atoms with Crippen molar-refractivity contribution in [1.29, 1.82) is 0 Å². The van der Waals surface area contributed by atoms with Gasteiger partial charge in [-0.15, -0.1) is 0 Å². The van der Waals surface area contributed by atoms with Crippen molar-refractivity contribution in [2.45, 2.75) is 24.0 Å². The zero-order valence-corrected chi connectivity index (χ0v) is 12.2. The molecule has 2 aromatic heterocycles. The summed E-state index contributed by atoms with van der Waals surface area (Å²) in [4.78, 5) is 24.5. The maximum absolute atomic E-state index is 11.7. The van der Waals surface area contributed by atoms with Crippen LogP contribution in [0.15, 0.2) is 28.5 Å². The minimum atomic E-state index is -0.489. The van der Waals surface area contributed by atoms with Crippen LogP contribution < -0.4 is 5.73 Å². The first-order valence-electron chi connectivity index (χ1n) is 5.83. The zero-order chi connectivity index (χ0) is 14.7. The number of nitrogens with two attached hydrogens (primary N) is 1. The first kappa shape index (κ1) is 14.3. The summed E-state index contributed by atoms with van der Waals surface area (Å²) in [6.45, 7) is 3.77. The Balaban J connectivity index is 2.40. The zero-order valence-electron chi connectivity index (χ0n) is 11.4. The van der Waals surface area contributed by atoms with Crippen LogP contribution in [0.3, 0.4) is 0 Å². The van der Waals surface area contributed by atoms with Gasteiger partial charge in [-0.05, 0) is 37.7 Å². The highest BCUT2D eigenvalue weighted by molar-refractivity contribution is 7.99. The number of aryl methyl sites for hydroxylation is 2. The number of hydrogen-bond acceptors (Lipinski definition) is 7. The van der Waals surface area contributed by atoms with E-state index in [0.29, 0.717) is 21.4 Å². The second kappa shape index (κ2) is 5.87. The van der Waals surface area contributed by atoms with Gasteiger partial charge in [0.05, 0.1) is 24.6 Å². The summed E-state index contributed by atoms with van der Waals surface area (Å²) in [7, 11) is 1.31. The van der Waals surface area contributed by atoms with E-state index in [0.717, 1.165) is 11.4 Å². The van der Waals surface area contributed by atoms with Gasteiger partial charge in [0, 0.05) is 11.4 Å². The smallest absolute Gasteiger partial charge is 0.340 e. The highest BCUT2D eigenvalue weighted by Gasteiger charge is 2.16. The van der Waals surface area contributed by atoms with Crippen LogP contribution in [0, 0.1) is 13.8 Å². The van der Waals surface area contributed by atoms with Crippen molar-refractivity contribution in [2.75, 3.05) is 12.8 Å². The molecule has 0 aliphatic rings. The van der Waals surface area contributed by atoms with Crippen molar-refractivity contribution in [2.24, 2.45) is 0 Å². The molecule has 0 unspecified atom stereocenters. The molecule has 2 heterocycles. The van der Waals surface area contributed by atoms with Crippen molar-refractivity contribution >= 4 is 23.4 Å². The van der Waals surface area contributed by atoms with Crippen LogP contribution in [0.25, 0.3) is 0 Å². The lowest BCUT2D eigenvalue weighted by atomic mass is 10.3. The van der Waals surface area contributed by atoms with E-state index in [-0.39, 0.29) is 0 Å². The van der Waals surface area contributed by atoms with Crippen LogP contribution in [0.4, 0.5) is 5.69 Å². The van der Waals surface area contributed by atoms with Gasteiger partial charge in [-0.25, -0.2) is 19.7 Å². The quantitative estimate of drug-likeness (QED) is 0.683. The maximum Gasteiger partial charge on any atom is 0.340 e. The van der Waals surface area contributed by atoms with Crippen molar-refractivity contribution in [1.82, 2.24) is 15.0 Å². The molecule has 0 spiro atoms. The Morgan fingerprint density at radius 3 is 2.50 bits per heavy atom. The molecule has 0 aromatic carbocycles. The van der Waals surface area contributed by atoms with Crippen LogP contribution in [0.1, 0.15) is 21.7 Å². The van der Waals surface area contributed by atoms with Crippen LogP contribution in [-0.4, -0.2) is 28.0 Å². The number of esters is 1. The Kier molecular flexibility index (Phi) is 4.19. The third-order valence-corrected chi connectivity index (χ3v) is 3.31. The van der Waals surface area contributed by atoms with Crippen LogP contribution in [0.2, 0.25) is 0 Å². The van der Waals surface area contributed by atoms with E-state index in [2.05, 4.69) is 15.0 Å². The molecule has 0 aliphatic carbocycles. The highest BCUT2D eigenvalue weighted by atomic mass is 32.2. The van der Waals surface area contributed by atoms with E-state index in [1.165, 1.54) is 31.1 Å². The van der Waals surface area contributed by atoms with Crippen LogP contribution in [0.5, 0.6) is 0 Å². The molecule has 0 fully saturated rings. The van der Waals surface area contributed by atoms with Gasteiger partial charge in [0.15, 0.2) is 5.16 Å². The Labute approximate surface area is 120 Å². The largest absolute Gasteiger partial charge is 0.465 e. The van der Waals surface area contributed by atoms with Crippen molar-refractivity contribution in [3.63, 3.8) is 0 Å². The van der Waals surface area contributed by atoms with Gasteiger partial charge in [0.1, 0.15) is 5.03 Å². The Morgan fingerprint density at radius 1 is 1.25 bits per heavy atom. The second-order valence-electron chi connectivity index (χ2n) is 4.15. The van der Waals surface area contributed by atoms with Crippen LogP contribution >= 0.6 is 11.8 Å². The molecule has 7 heteroatoms. The number of nitrogens with zero attached hydrogens (tertiary/aromatic N) is 3. The number of pyridine rings is 1. The first-order valence-corrected chi connectivity index (χ1v) is 6.65. The minimum Gasteiger partial charge on any atom is -0.465 e. The molecule has 0 aliphatic heterocycles. The average molecular weight is 290 g/mol. The molecular formula is C13H14N4O2S. The average Bonchev–Trinajstić information content (AvgIpc) is 2.38. The van der Waals surface area contributed by atoms with Gasteiger partial charge in [-0.3, -0.25) is 0 Å². The third-order valence-electron chi connectivity index (χ3n) is 2.43. The molecule has 2 aromatic rings. The number of rotatable bonds is 3. The van der Waals surface area contributed by atoms with Gasteiger partial charge in [-0.1, -0.05) is 0 Å². The van der Waals surface area contributed by atoms with Gasteiger partial charge in [-0.2, -0.15) is 0 Å². The predicted octanol–water partition coefficient (Wildman–Crippen LogP) is 2.01. The van der Waals surface area contributed by atoms with Gasteiger partial charge < -0.3 is 10.5 Å². The van der Waals surface area contributed by atoms with Crippen molar-refractivity contribution in [3.8, 4) is 0 Å². The molecule has 104 valence electrons. The summed E-state index contributed by atoms with van der Waals surface area (Å²) < 4.78 is 4.73. The number of carbonyl (C=O) groups excluding carboxylic acids is 1. The SMILES string of the molecule is COC(=O)c1cc(N)cnc1Sc1nc(C)cc(C)n1. The molecular weight excluding hydrogens is 276 g/mol. The van der Waals surface area contributed by atoms with Gasteiger partial charge in [0.25, 0.3) is 0 Å². The topological polar surface area (TPSA) is 91.0 Å². The molecule has 0 radical (unpaired) electrons. The lowest BCUT2D eigenvalue weighted by molar-refractivity contribution is 0.0596. The van der Waals surface area contributed by atoms with Gasteiger partial charge >= 0.3 is 5.97 Å². The van der Waals surface area contributed by atoms with Crippen molar-refractivity contribution in [3.05, 3.63) is 35.3 Å². The Hall–Kier alpha value is -2.15. The maximum atomic E-state index is 11.7. The van der Waals surface area contributed by atoms with E-state index in [9.17, 15) is 4.79 Å². The molecule has 2 rings (SSSR count). The lowest BCUT2D eigenvalue weighted by Crippen LogP contribution is -2.06. The molecule has 20 heavy (non-hydrogen) atoms. The monoisotopic (exact) mass is 290 g/mol. The molecule has 0 saturated carbocycles. The summed E-state index contributed by atoms with van der Waals surface area (Å²) in [5.41, 5.74) is 8.07. The molecule has 6 nitrogen and oxygen atoms in total. The predicted molar refractivity (Wildman–Crippen MR) is 75.6 cm³/mol. The van der Waals surface area contributed by atoms with E-state index < -0.39 is 5.97 Å². The second-order valence-corrected chi connectivity index (χ2v) is 5.10. The number of nitrogen functional groups attached to an aromatic ring is 1. The molecule has 0 atom stereocenters. The number of hydrogen-bond donors (Lipinski definition) is 1. The fourth-order valence-electron chi connectivity index (χ4n) is 1.63. The fourth-order valence-corrected chi connectivity index (χ4v) is 2.54. The summed E-state index contributed by atoms with van der Waals surface area (Å²) in [6, 6.07) is 3.41.